The zero-order chi connectivity index (χ0) is 17.5. The van der Waals surface area contributed by atoms with Gasteiger partial charge >= 0.3 is 0 Å². The van der Waals surface area contributed by atoms with E-state index in [0.29, 0.717) is 0 Å². The van der Waals surface area contributed by atoms with Gasteiger partial charge in [-0.3, -0.25) is 0 Å². The van der Waals surface area contributed by atoms with Crippen molar-refractivity contribution in [2.45, 2.75) is 20.0 Å². The molecular weight excluding hydrogens is 362 g/mol. The highest BCUT2D eigenvalue weighted by atomic mass is 35.5. The zero-order valence-electron chi connectivity index (χ0n) is 11.8. The summed E-state index contributed by atoms with van der Waals surface area (Å²) in [4.78, 5) is 0. The first-order chi connectivity index (χ1) is 10.6. The van der Waals surface area contributed by atoms with Crippen LogP contribution in [0.3, 0.4) is 0 Å². The molecule has 2 rings (SSSR count). The van der Waals surface area contributed by atoms with E-state index in [4.69, 9.17) is 27.9 Å². The van der Waals surface area contributed by atoms with E-state index in [1.165, 1.54) is 0 Å². The van der Waals surface area contributed by atoms with Gasteiger partial charge in [0.2, 0.25) is 5.82 Å². The van der Waals surface area contributed by atoms with E-state index in [1.54, 1.807) is 13.8 Å². The Morgan fingerprint density at radius 1 is 0.783 bits per heavy atom. The predicted molar refractivity (Wildman–Crippen MR) is 77.5 cm³/mol. The Hall–Kier alpha value is -1.53. The van der Waals surface area contributed by atoms with E-state index in [-0.39, 0.29) is 21.9 Å². The van der Waals surface area contributed by atoms with Crippen LogP contribution in [-0.2, 0) is 0 Å². The molecule has 0 N–H and O–H groups in total. The Morgan fingerprint density at radius 3 is 1.74 bits per heavy atom. The van der Waals surface area contributed by atoms with E-state index < -0.39 is 40.2 Å². The Kier molecular flexibility index (Phi) is 5.06. The van der Waals surface area contributed by atoms with E-state index in [1.807, 2.05) is 0 Å². The molecule has 0 atom stereocenters. The topological polar surface area (TPSA) is 9.23 Å². The number of rotatable bonds is 3. The minimum absolute atomic E-state index is 0.00464. The molecule has 0 aliphatic rings. The van der Waals surface area contributed by atoms with Gasteiger partial charge in [0.15, 0.2) is 23.3 Å². The van der Waals surface area contributed by atoms with Gasteiger partial charge < -0.3 is 4.74 Å². The van der Waals surface area contributed by atoms with Crippen molar-refractivity contribution in [2.75, 3.05) is 0 Å². The first-order valence-corrected chi connectivity index (χ1v) is 7.08. The van der Waals surface area contributed by atoms with Crippen LogP contribution in [0.25, 0.3) is 11.1 Å². The second-order valence-electron chi connectivity index (χ2n) is 4.87. The monoisotopic (exact) mass is 370 g/mol. The lowest BCUT2D eigenvalue weighted by atomic mass is 10.0. The summed E-state index contributed by atoms with van der Waals surface area (Å²) in [5, 5.41) is -0.245. The molecule has 0 spiro atoms. The van der Waals surface area contributed by atoms with Crippen molar-refractivity contribution < 1.29 is 26.7 Å². The fraction of sp³-hybridized carbons (Fsp3) is 0.200. The van der Waals surface area contributed by atoms with Crippen molar-refractivity contribution in [2.24, 2.45) is 0 Å². The molecule has 0 aliphatic carbocycles. The minimum Gasteiger partial charge on any atom is -0.489 e. The molecule has 23 heavy (non-hydrogen) atoms. The van der Waals surface area contributed by atoms with Crippen LogP contribution in [-0.4, -0.2) is 6.10 Å². The highest BCUT2D eigenvalue weighted by Gasteiger charge is 2.28. The molecule has 0 aliphatic heterocycles. The molecule has 0 amide bonds. The Morgan fingerprint density at radius 2 is 1.26 bits per heavy atom. The quantitative estimate of drug-likeness (QED) is 0.358. The summed E-state index contributed by atoms with van der Waals surface area (Å²) in [6, 6.07) is 2.14. The van der Waals surface area contributed by atoms with Crippen molar-refractivity contribution in [3.8, 4) is 16.9 Å². The van der Waals surface area contributed by atoms with Gasteiger partial charge in [-0.2, -0.15) is 0 Å². The van der Waals surface area contributed by atoms with E-state index >= 15 is 0 Å². The minimum atomic E-state index is -2.24. The molecule has 8 heteroatoms. The Balaban J connectivity index is 2.77. The van der Waals surface area contributed by atoms with Crippen LogP contribution in [0.5, 0.6) is 5.75 Å². The first kappa shape index (κ1) is 17.8. The van der Waals surface area contributed by atoms with Crippen LogP contribution >= 0.6 is 23.2 Å². The summed E-state index contributed by atoms with van der Waals surface area (Å²) < 4.78 is 73.0. The second-order valence-corrected chi connectivity index (χ2v) is 5.69. The second kappa shape index (κ2) is 6.53. The van der Waals surface area contributed by atoms with Gasteiger partial charge in [0.25, 0.3) is 0 Å². The highest BCUT2D eigenvalue weighted by molar-refractivity contribution is 6.37. The van der Waals surface area contributed by atoms with E-state index in [2.05, 4.69) is 0 Å². The third kappa shape index (κ3) is 3.23. The zero-order valence-corrected chi connectivity index (χ0v) is 13.3. The van der Waals surface area contributed by atoms with E-state index in [9.17, 15) is 22.0 Å². The molecule has 2 aromatic rings. The Labute approximate surface area is 138 Å². The van der Waals surface area contributed by atoms with Crippen molar-refractivity contribution in [1.29, 1.82) is 0 Å². The highest BCUT2D eigenvalue weighted by Crippen LogP contribution is 2.40. The van der Waals surface area contributed by atoms with Gasteiger partial charge in [0.1, 0.15) is 5.75 Å². The van der Waals surface area contributed by atoms with Crippen molar-refractivity contribution >= 4 is 23.2 Å². The van der Waals surface area contributed by atoms with Crippen molar-refractivity contribution in [3.05, 3.63) is 51.3 Å². The average molecular weight is 371 g/mol. The summed E-state index contributed by atoms with van der Waals surface area (Å²) in [5.74, 6) is -10.3. The number of ether oxygens (including phenoxy) is 1. The maximum Gasteiger partial charge on any atom is 0.200 e. The number of halogens is 7. The number of benzene rings is 2. The lowest BCUT2D eigenvalue weighted by molar-refractivity contribution is 0.242. The molecule has 0 aromatic heterocycles. The van der Waals surface area contributed by atoms with Gasteiger partial charge in [-0.15, -0.1) is 0 Å². The number of hydrogen-bond acceptors (Lipinski definition) is 1. The molecule has 0 saturated carbocycles. The SMILES string of the molecule is CC(C)Oc1cc(-c2c(F)c(F)c(F)c(F)c2F)c(Cl)cc1Cl. The fourth-order valence-corrected chi connectivity index (χ4v) is 2.43. The van der Waals surface area contributed by atoms with E-state index in [0.717, 1.165) is 12.1 Å². The summed E-state index contributed by atoms with van der Waals surface area (Å²) in [6.45, 7) is 3.34. The van der Waals surface area contributed by atoms with Crippen LogP contribution in [0.4, 0.5) is 22.0 Å². The maximum atomic E-state index is 13.9. The van der Waals surface area contributed by atoms with Gasteiger partial charge in [0, 0.05) is 5.56 Å². The molecule has 0 saturated heterocycles. The molecule has 0 unspecified atom stereocenters. The van der Waals surface area contributed by atoms with Crippen LogP contribution in [0.2, 0.25) is 10.0 Å². The lowest BCUT2D eigenvalue weighted by Crippen LogP contribution is -2.07. The van der Waals surface area contributed by atoms with Crippen LogP contribution in [0.1, 0.15) is 13.8 Å². The van der Waals surface area contributed by atoms with Crippen molar-refractivity contribution in [3.63, 3.8) is 0 Å². The van der Waals surface area contributed by atoms with Crippen LogP contribution in [0.15, 0.2) is 12.1 Å². The molecule has 0 radical (unpaired) electrons. The molecule has 0 heterocycles. The van der Waals surface area contributed by atoms with Crippen LogP contribution < -0.4 is 4.74 Å². The smallest absolute Gasteiger partial charge is 0.200 e. The van der Waals surface area contributed by atoms with Crippen molar-refractivity contribution in [1.82, 2.24) is 0 Å². The predicted octanol–water partition coefficient (Wildman–Crippen LogP) is 6.14. The van der Waals surface area contributed by atoms with Gasteiger partial charge in [-0.1, -0.05) is 23.2 Å². The summed E-state index contributed by atoms with van der Waals surface area (Å²) >= 11 is 11.7. The average Bonchev–Trinajstić information content (AvgIpc) is 2.47. The number of hydrogen-bond donors (Lipinski definition) is 0. The maximum absolute atomic E-state index is 13.9. The normalized spacial score (nSPS) is 11.2. The molecule has 2 aromatic carbocycles. The molecule has 0 fully saturated rings. The first-order valence-electron chi connectivity index (χ1n) is 6.32. The third-order valence-electron chi connectivity index (χ3n) is 2.86. The van der Waals surface area contributed by atoms with Gasteiger partial charge in [-0.25, -0.2) is 22.0 Å². The van der Waals surface area contributed by atoms with Gasteiger partial charge in [0.05, 0.1) is 21.7 Å². The summed E-state index contributed by atoms with van der Waals surface area (Å²) in [7, 11) is 0. The molecular formula is C15H9Cl2F5O. The summed E-state index contributed by atoms with van der Waals surface area (Å²) in [6.07, 6.45) is -0.335. The molecule has 1 nitrogen and oxygen atoms in total. The fourth-order valence-electron chi connectivity index (χ4n) is 1.91. The summed E-state index contributed by atoms with van der Waals surface area (Å²) in [5.41, 5.74) is -1.56. The molecule has 0 bridgehead atoms. The van der Waals surface area contributed by atoms with Gasteiger partial charge in [-0.05, 0) is 26.0 Å². The van der Waals surface area contributed by atoms with Crippen LogP contribution in [0, 0.1) is 29.1 Å². The Bertz CT molecular complexity index is 748. The largest absolute Gasteiger partial charge is 0.489 e. The third-order valence-corrected chi connectivity index (χ3v) is 3.47. The molecule has 124 valence electrons. The standard InChI is InChI=1S/C15H9Cl2F5O/c1-5(2)23-9-3-6(7(16)4-8(9)17)10-11(18)13(20)15(22)14(21)12(10)19/h3-5H,1-2H3. The lowest BCUT2D eigenvalue weighted by Gasteiger charge is -2.15.